The lowest BCUT2D eigenvalue weighted by Crippen LogP contribution is -2.21. The number of carboxylic acid groups (broad SMARTS) is 1. The third-order valence-corrected chi connectivity index (χ3v) is 1.82. The van der Waals surface area contributed by atoms with Gasteiger partial charge in [-0.2, -0.15) is 0 Å². The molecule has 0 fully saturated rings. The van der Waals surface area contributed by atoms with E-state index in [4.69, 9.17) is 26.9 Å². The molecule has 13 heavy (non-hydrogen) atoms. The van der Waals surface area contributed by atoms with Crippen LogP contribution in [0.25, 0.3) is 0 Å². The Morgan fingerprint density at radius 2 is 2.46 bits per heavy atom. The maximum Gasteiger partial charge on any atom is 0.315 e. The van der Waals surface area contributed by atoms with E-state index in [1.54, 1.807) is 6.92 Å². The normalized spacial score (nSPS) is 12.8. The highest BCUT2D eigenvalue weighted by atomic mass is 35.5. The van der Waals surface area contributed by atoms with Crippen LogP contribution < -0.4 is 5.73 Å². The number of nitrogens with two attached hydrogens (primary N) is 1. The Morgan fingerprint density at radius 1 is 1.85 bits per heavy atom. The van der Waals surface area contributed by atoms with E-state index in [0.29, 0.717) is 5.69 Å². The standard InChI is InChI=1S/C7H9ClN2O3/c1-3-5(13-7(8)10-3)4(2-9)6(11)12/h4H,2,9H2,1H3,(H,11,12). The Hall–Kier alpha value is -1.07. The lowest BCUT2D eigenvalue weighted by molar-refractivity contribution is -0.138. The van der Waals surface area contributed by atoms with E-state index in [1.165, 1.54) is 0 Å². The lowest BCUT2D eigenvalue weighted by Gasteiger charge is -2.05. The molecule has 0 saturated carbocycles. The first-order chi connectivity index (χ1) is 6.06. The Bertz CT molecular complexity index is 324. The highest BCUT2D eigenvalue weighted by Gasteiger charge is 2.25. The van der Waals surface area contributed by atoms with Gasteiger partial charge in [-0.3, -0.25) is 4.79 Å². The van der Waals surface area contributed by atoms with E-state index < -0.39 is 11.9 Å². The van der Waals surface area contributed by atoms with Crippen LogP contribution in [0.3, 0.4) is 0 Å². The zero-order valence-electron chi connectivity index (χ0n) is 6.95. The molecule has 0 bridgehead atoms. The molecule has 6 heteroatoms. The molecule has 72 valence electrons. The van der Waals surface area contributed by atoms with E-state index in [1.807, 2.05) is 0 Å². The second kappa shape index (κ2) is 3.76. The monoisotopic (exact) mass is 204 g/mol. The quantitative estimate of drug-likeness (QED) is 0.759. The number of aromatic nitrogens is 1. The van der Waals surface area contributed by atoms with E-state index in [-0.39, 0.29) is 17.7 Å². The number of hydrogen-bond acceptors (Lipinski definition) is 4. The number of nitrogens with zero attached hydrogens (tertiary/aromatic N) is 1. The molecule has 0 amide bonds. The van der Waals surface area contributed by atoms with Crippen LogP contribution in [0, 0.1) is 6.92 Å². The Kier molecular flexibility index (Phi) is 2.90. The van der Waals surface area contributed by atoms with Gasteiger partial charge in [0.2, 0.25) is 0 Å². The van der Waals surface area contributed by atoms with Gasteiger partial charge in [-0.05, 0) is 18.5 Å². The molecule has 0 saturated heterocycles. The van der Waals surface area contributed by atoms with Gasteiger partial charge < -0.3 is 15.3 Å². The number of carboxylic acids is 1. The third-order valence-electron chi connectivity index (χ3n) is 1.66. The van der Waals surface area contributed by atoms with Crippen molar-refractivity contribution >= 4 is 17.6 Å². The van der Waals surface area contributed by atoms with E-state index in [9.17, 15) is 4.79 Å². The van der Waals surface area contributed by atoms with Crippen molar-refractivity contribution in [3.63, 3.8) is 0 Å². The number of hydrogen-bond donors (Lipinski definition) is 2. The van der Waals surface area contributed by atoms with Gasteiger partial charge in [-0.1, -0.05) is 0 Å². The molecule has 0 radical (unpaired) electrons. The second-order valence-electron chi connectivity index (χ2n) is 2.54. The third kappa shape index (κ3) is 1.99. The number of rotatable bonds is 3. The highest BCUT2D eigenvalue weighted by molar-refractivity contribution is 6.27. The summed E-state index contributed by atoms with van der Waals surface area (Å²) in [6.07, 6.45) is 0. The van der Waals surface area contributed by atoms with Crippen LogP contribution in [-0.2, 0) is 4.79 Å². The summed E-state index contributed by atoms with van der Waals surface area (Å²) in [6, 6.07) is 0. The smallest absolute Gasteiger partial charge is 0.315 e. The minimum atomic E-state index is -1.04. The number of carbonyl (C=O) groups is 1. The number of oxazole rings is 1. The van der Waals surface area contributed by atoms with Crippen molar-refractivity contribution in [1.82, 2.24) is 4.98 Å². The van der Waals surface area contributed by atoms with Crippen LogP contribution in [0.1, 0.15) is 17.4 Å². The zero-order chi connectivity index (χ0) is 10.0. The first kappa shape index (κ1) is 10.0. The van der Waals surface area contributed by atoms with Gasteiger partial charge in [-0.25, -0.2) is 4.98 Å². The van der Waals surface area contributed by atoms with Crippen LogP contribution in [0.15, 0.2) is 4.42 Å². The number of aliphatic carboxylic acids is 1. The van der Waals surface area contributed by atoms with Crippen molar-refractivity contribution in [1.29, 1.82) is 0 Å². The van der Waals surface area contributed by atoms with Crippen LogP contribution in [0.4, 0.5) is 0 Å². The summed E-state index contributed by atoms with van der Waals surface area (Å²) in [5, 5.41) is 8.69. The van der Waals surface area contributed by atoms with Gasteiger partial charge in [0, 0.05) is 6.54 Å². The summed E-state index contributed by atoms with van der Waals surface area (Å²) in [4.78, 5) is 14.4. The van der Waals surface area contributed by atoms with Crippen LogP contribution >= 0.6 is 11.6 Å². The Balaban J connectivity index is 3.04. The molecular formula is C7H9ClN2O3. The molecule has 0 spiro atoms. The topological polar surface area (TPSA) is 89.4 Å². The minimum Gasteiger partial charge on any atom is -0.481 e. The summed E-state index contributed by atoms with van der Waals surface area (Å²) in [7, 11) is 0. The first-order valence-electron chi connectivity index (χ1n) is 3.62. The molecule has 0 aliphatic heterocycles. The van der Waals surface area contributed by atoms with Crippen LogP contribution in [0.2, 0.25) is 5.35 Å². The second-order valence-corrected chi connectivity index (χ2v) is 2.87. The maximum absolute atomic E-state index is 10.7. The Morgan fingerprint density at radius 3 is 2.77 bits per heavy atom. The summed E-state index contributed by atoms with van der Waals surface area (Å²) >= 11 is 5.46. The van der Waals surface area contributed by atoms with Crippen molar-refractivity contribution in [2.75, 3.05) is 6.54 Å². The van der Waals surface area contributed by atoms with E-state index in [2.05, 4.69) is 4.98 Å². The van der Waals surface area contributed by atoms with Crippen molar-refractivity contribution in [2.24, 2.45) is 5.73 Å². The molecule has 0 aliphatic carbocycles. The molecule has 0 aliphatic rings. The number of aryl methyl sites for hydroxylation is 1. The predicted molar refractivity (Wildman–Crippen MR) is 45.7 cm³/mol. The van der Waals surface area contributed by atoms with Crippen molar-refractivity contribution in [2.45, 2.75) is 12.8 Å². The van der Waals surface area contributed by atoms with E-state index in [0.717, 1.165) is 0 Å². The molecule has 1 atom stereocenters. The van der Waals surface area contributed by atoms with E-state index >= 15 is 0 Å². The fourth-order valence-electron chi connectivity index (χ4n) is 1.02. The predicted octanol–water partition coefficient (Wildman–Crippen LogP) is 0.763. The zero-order valence-corrected chi connectivity index (χ0v) is 7.71. The van der Waals surface area contributed by atoms with Gasteiger partial charge in [-0.15, -0.1) is 0 Å². The summed E-state index contributed by atoms with van der Waals surface area (Å²) in [6.45, 7) is 1.58. The molecule has 1 aromatic rings. The average Bonchev–Trinajstić information content (AvgIpc) is 2.31. The fraction of sp³-hybridized carbons (Fsp3) is 0.429. The van der Waals surface area contributed by atoms with Crippen molar-refractivity contribution in [3.8, 4) is 0 Å². The summed E-state index contributed by atoms with van der Waals surface area (Å²) in [5.41, 5.74) is 5.73. The van der Waals surface area contributed by atoms with Crippen LogP contribution in [0.5, 0.6) is 0 Å². The summed E-state index contributed by atoms with van der Waals surface area (Å²) < 4.78 is 4.92. The molecule has 1 heterocycles. The van der Waals surface area contributed by atoms with Crippen molar-refractivity contribution < 1.29 is 14.3 Å². The average molecular weight is 205 g/mol. The molecule has 1 unspecified atom stereocenters. The summed E-state index contributed by atoms with van der Waals surface area (Å²) in [5.74, 6) is -1.70. The molecule has 1 rings (SSSR count). The first-order valence-corrected chi connectivity index (χ1v) is 3.99. The fourth-order valence-corrected chi connectivity index (χ4v) is 1.23. The molecular weight excluding hydrogens is 196 g/mol. The lowest BCUT2D eigenvalue weighted by atomic mass is 10.1. The minimum absolute atomic E-state index is 0.0400. The van der Waals surface area contributed by atoms with Gasteiger partial charge in [0.05, 0.1) is 5.69 Å². The SMILES string of the molecule is Cc1nc(Cl)oc1C(CN)C(=O)O. The highest BCUT2D eigenvalue weighted by Crippen LogP contribution is 2.22. The molecule has 0 aromatic carbocycles. The number of halogens is 1. The molecule has 5 nitrogen and oxygen atoms in total. The van der Waals surface area contributed by atoms with Gasteiger partial charge in [0.1, 0.15) is 11.7 Å². The van der Waals surface area contributed by atoms with Crippen LogP contribution in [-0.4, -0.2) is 22.6 Å². The van der Waals surface area contributed by atoms with Crippen molar-refractivity contribution in [3.05, 3.63) is 16.8 Å². The largest absolute Gasteiger partial charge is 0.481 e. The van der Waals surface area contributed by atoms with Gasteiger partial charge in [0.15, 0.2) is 0 Å². The molecule has 1 aromatic heterocycles. The van der Waals surface area contributed by atoms with Gasteiger partial charge in [0.25, 0.3) is 5.35 Å². The molecule has 3 N–H and O–H groups in total. The maximum atomic E-state index is 10.7. The Labute approximate surface area is 79.5 Å². The van der Waals surface area contributed by atoms with Gasteiger partial charge >= 0.3 is 5.97 Å².